The van der Waals surface area contributed by atoms with Crippen LogP contribution >= 0.6 is 0 Å². The highest BCUT2D eigenvalue weighted by molar-refractivity contribution is 7.91. The van der Waals surface area contributed by atoms with Crippen LogP contribution in [0.15, 0.2) is 34.7 Å². The summed E-state index contributed by atoms with van der Waals surface area (Å²) in [5.41, 5.74) is -0.238. The predicted octanol–water partition coefficient (Wildman–Crippen LogP) is 1.65. The fraction of sp³-hybridized carbons (Fsp3) is 0.417. The maximum absolute atomic E-state index is 12.0. The summed E-state index contributed by atoms with van der Waals surface area (Å²) in [6, 6.07) is 9.18. The number of hydrogen-bond donors (Lipinski definition) is 0. The zero-order valence-corrected chi connectivity index (χ0v) is 11.3. The molecule has 1 heterocycles. The molecule has 0 saturated heterocycles. The molecule has 1 aliphatic rings. The number of benzene rings is 1. The van der Waals surface area contributed by atoms with Crippen LogP contribution in [0.4, 0.5) is 0 Å². The first kappa shape index (κ1) is 12.9. The molecule has 18 heavy (non-hydrogen) atoms. The largest absolute Gasteiger partial charge is 0.453 e. The van der Waals surface area contributed by atoms with Crippen molar-refractivity contribution in [3.63, 3.8) is 0 Å². The third-order valence-electron chi connectivity index (χ3n) is 3.25. The lowest BCUT2D eigenvalue weighted by molar-refractivity contribution is 0.0291. The molecule has 5 nitrogen and oxygen atoms in total. The Morgan fingerprint density at radius 3 is 2.50 bits per heavy atom. The van der Waals surface area contributed by atoms with E-state index in [-0.39, 0.29) is 6.08 Å². The quantitative estimate of drug-likeness (QED) is 0.777. The van der Waals surface area contributed by atoms with Crippen LogP contribution < -0.4 is 0 Å². The van der Waals surface area contributed by atoms with Gasteiger partial charge in [-0.3, -0.25) is 0 Å². The first-order valence-corrected chi connectivity index (χ1v) is 7.03. The Balaban J connectivity index is 2.55. The molecule has 0 aliphatic carbocycles. The summed E-state index contributed by atoms with van der Waals surface area (Å²) >= 11 is 0. The summed E-state index contributed by atoms with van der Waals surface area (Å²) in [5.74, 6) is 0. The van der Waals surface area contributed by atoms with E-state index in [9.17, 15) is 8.42 Å². The van der Waals surface area contributed by atoms with Crippen LogP contribution in [0.1, 0.15) is 19.4 Å². The normalized spacial score (nSPS) is 30.2. The smallest absolute Gasteiger partial charge is 0.400 e. The van der Waals surface area contributed by atoms with Crippen LogP contribution in [0, 0.1) is 0 Å². The van der Waals surface area contributed by atoms with Crippen molar-refractivity contribution in [2.45, 2.75) is 24.7 Å². The average molecular weight is 269 g/mol. The molecule has 2 atom stereocenters. The first-order valence-electron chi connectivity index (χ1n) is 5.52. The Morgan fingerprint density at radius 1 is 1.33 bits per heavy atom. The van der Waals surface area contributed by atoms with Gasteiger partial charge < -0.3 is 9.47 Å². The zero-order chi connectivity index (χ0) is 13.4. The summed E-state index contributed by atoms with van der Waals surface area (Å²) in [6.45, 7) is 3.30. The molecule has 0 aromatic heterocycles. The minimum atomic E-state index is -3.64. The number of ether oxygens (including phenoxy) is 2. The molecule has 0 bridgehead atoms. The van der Waals surface area contributed by atoms with E-state index in [0.29, 0.717) is 0 Å². The second-order valence-corrected chi connectivity index (χ2v) is 6.21. The molecule has 6 heteroatoms. The van der Waals surface area contributed by atoms with Gasteiger partial charge in [0, 0.05) is 0 Å². The molecule has 1 aromatic rings. The lowest BCUT2D eigenvalue weighted by Crippen LogP contribution is -2.47. The topological polar surface area (TPSA) is 65.0 Å². The molecule has 0 unspecified atom stereocenters. The monoisotopic (exact) mass is 269 g/mol. The van der Waals surface area contributed by atoms with Gasteiger partial charge >= 0.3 is 6.08 Å². The van der Waals surface area contributed by atoms with Crippen molar-refractivity contribution in [1.82, 2.24) is 0 Å². The van der Waals surface area contributed by atoms with E-state index >= 15 is 0 Å². The SMILES string of the molecule is COC1=NS(=O)(=O)[C@H](C)[C@@](C)(c2ccccc2)O1. The van der Waals surface area contributed by atoms with Crippen LogP contribution in [0.2, 0.25) is 0 Å². The molecule has 0 spiro atoms. The summed E-state index contributed by atoms with van der Waals surface area (Å²) in [7, 11) is -2.31. The van der Waals surface area contributed by atoms with Crippen LogP contribution in [0.5, 0.6) is 0 Å². The number of nitrogens with zero attached hydrogens (tertiary/aromatic N) is 1. The Morgan fingerprint density at radius 2 is 1.94 bits per heavy atom. The fourth-order valence-corrected chi connectivity index (χ4v) is 3.12. The van der Waals surface area contributed by atoms with Gasteiger partial charge in [-0.25, -0.2) is 8.42 Å². The van der Waals surface area contributed by atoms with Gasteiger partial charge in [-0.15, -0.1) is 0 Å². The third kappa shape index (κ3) is 1.96. The average Bonchev–Trinajstić information content (AvgIpc) is 2.36. The zero-order valence-electron chi connectivity index (χ0n) is 10.5. The highest BCUT2D eigenvalue weighted by Gasteiger charge is 2.48. The predicted molar refractivity (Wildman–Crippen MR) is 67.7 cm³/mol. The molecule has 1 aliphatic heterocycles. The molecule has 0 amide bonds. The van der Waals surface area contributed by atoms with Gasteiger partial charge in [-0.05, 0) is 19.4 Å². The summed E-state index contributed by atoms with van der Waals surface area (Å²) in [4.78, 5) is 0. The minimum Gasteiger partial charge on any atom is -0.453 e. The lowest BCUT2D eigenvalue weighted by atomic mass is 9.92. The van der Waals surface area contributed by atoms with E-state index in [1.165, 1.54) is 7.11 Å². The molecule has 0 N–H and O–H groups in total. The fourth-order valence-electron chi connectivity index (χ4n) is 1.89. The third-order valence-corrected chi connectivity index (χ3v) is 4.99. The number of hydrogen-bond acceptors (Lipinski definition) is 4. The van der Waals surface area contributed by atoms with E-state index in [1.807, 2.05) is 30.3 Å². The Bertz CT molecular complexity index is 567. The Labute approximate surface area is 106 Å². The van der Waals surface area contributed by atoms with Crippen LogP contribution in [0.3, 0.4) is 0 Å². The lowest BCUT2D eigenvalue weighted by Gasteiger charge is -2.37. The van der Waals surface area contributed by atoms with Crippen LogP contribution in [-0.4, -0.2) is 26.9 Å². The van der Waals surface area contributed by atoms with Gasteiger partial charge in [-0.1, -0.05) is 34.7 Å². The second kappa shape index (κ2) is 4.28. The number of sulfonamides is 1. The minimum absolute atomic E-state index is 0.223. The Kier molecular flexibility index (Phi) is 3.06. The molecule has 2 rings (SSSR count). The Hall–Kier alpha value is -1.56. The molecular formula is C12H15NO4S. The van der Waals surface area contributed by atoms with Crippen molar-refractivity contribution in [2.75, 3.05) is 7.11 Å². The van der Waals surface area contributed by atoms with Crippen molar-refractivity contribution < 1.29 is 17.9 Å². The van der Waals surface area contributed by atoms with E-state index < -0.39 is 20.9 Å². The summed E-state index contributed by atoms with van der Waals surface area (Å²) in [6.07, 6.45) is -0.223. The molecule has 98 valence electrons. The molecule has 1 aromatic carbocycles. The van der Waals surface area contributed by atoms with Crippen LogP contribution in [-0.2, 0) is 25.1 Å². The molecular weight excluding hydrogens is 254 g/mol. The van der Waals surface area contributed by atoms with Crippen molar-refractivity contribution >= 4 is 16.1 Å². The highest BCUT2D eigenvalue weighted by Crippen LogP contribution is 2.37. The number of rotatable bonds is 1. The molecule has 0 radical (unpaired) electrons. The van der Waals surface area contributed by atoms with Gasteiger partial charge in [0.2, 0.25) is 0 Å². The van der Waals surface area contributed by atoms with Crippen molar-refractivity contribution in [1.29, 1.82) is 0 Å². The molecule has 0 fully saturated rings. The van der Waals surface area contributed by atoms with Crippen molar-refractivity contribution in [2.24, 2.45) is 4.40 Å². The highest BCUT2D eigenvalue weighted by atomic mass is 32.2. The standard InChI is InChI=1S/C12H15NO4S/c1-9-12(2,10-7-5-4-6-8-10)17-11(16-3)13-18(9,14)15/h4-9H,1-3H3/t9-,12+/m1/s1. The first-order chi connectivity index (χ1) is 8.40. The van der Waals surface area contributed by atoms with Crippen molar-refractivity contribution in [3.05, 3.63) is 35.9 Å². The molecule has 0 saturated carbocycles. The second-order valence-electron chi connectivity index (χ2n) is 4.29. The summed E-state index contributed by atoms with van der Waals surface area (Å²) in [5, 5.41) is -0.786. The maximum atomic E-state index is 12.0. The van der Waals surface area contributed by atoms with Gasteiger partial charge in [0.15, 0.2) is 5.60 Å². The van der Waals surface area contributed by atoms with E-state index in [2.05, 4.69) is 4.40 Å². The van der Waals surface area contributed by atoms with E-state index in [0.717, 1.165) is 5.56 Å². The van der Waals surface area contributed by atoms with Crippen molar-refractivity contribution in [3.8, 4) is 0 Å². The van der Waals surface area contributed by atoms with Gasteiger partial charge in [0.1, 0.15) is 5.25 Å². The maximum Gasteiger partial charge on any atom is 0.400 e. The van der Waals surface area contributed by atoms with Gasteiger partial charge in [-0.2, -0.15) is 0 Å². The van der Waals surface area contributed by atoms with Crippen LogP contribution in [0.25, 0.3) is 0 Å². The number of methoxy groups -OCH3 is 1. The van der Waals surface area contributed by atoms with Gasteiger partial charge in [0.25, 0.3) is 10.0 Å². The van der Waals surface area contributed by atoms with E-state index in [1.54, 1.807) is 13.8 Å². The van der Waals surface area contributed by atoms with E-state index in [4.69, 9.17) is 9.47 Å². The summed E-state index contributed by atoms with van der Waals surface area (Å²) < 4.78 is 37.9. The van der Waals surface area contributed by atoms with Gasteiger partial charge in [0.05, 0.1) is 7.11 Å².